The van der Waals surface area contributed by atoms with Crippen molar-refractivity contribution in [2.24, 2.45) is 0 Å². The van der Waals surface area contributed by atoms with E-state index in [1.165, 1.54) is 13.5 Å². The van der Waals surface area contributed by atoms with Gasteiger partial charge in [-0.25, -0.2) is 4.79 Å². The molecule has 2 heterocycles. The Balaban J connectivity index is 1.57. The maximum Gasteiger partial charge on any atom is 0.323 e. The highest BCUT2D eigenvalue weighted by Gasteiger charge is 2.15. The number of hydrogen-bond donors (Lipinski definition) is 2. The van der Waals surface area contributed by atoms with E-state index in [0.717, 1.165) is 19.4 Å². The van der Waals surface area contributed by atoms with Gasteiger partial charge >= 0.3 is 6.03 Å². The van der Waals surface area contributed by atoms with Crippen molar-refractivity contribution in [3.63, 3.8) is 0 Å². The van der Waals surface area contributed by atoms with Gasteiger partial charge in [0.25, 0.3) is 0 Å². The monoisotopic (exact) mass is 364 g/mol. The Morgan fingerprint density at radius 3 is 3.08 bits per heavy atom. The summed E-state index contributed by atoms with van der Waals surface area (Å²) in [6, 6.07) is 4.62. The van der Waals surface area contributed by atoms with Gasteiger partial charge in [0.2, 0.25) is 0 Å². The molecule has 7 nitrogen and oxygen atoms in total. The average Bonchev–Trinajstić information content (AvgIpc) is 3.02. The third kappa shape index (κ3) is 4.87. The molecule has 2 N–H and O–H groups in total. The van der Waals surface area contributed by atoms with Crippen LogP contribution in [0.2, 0.25) is 5.02 Å². The van der Waals surface area contributed by atoms with Crippen molar-refractivity contribution in [1.29, 1.82) is 0 Å². The highest BCUT2D eigenvalue weighted by Crippen LogP contribution is 2.27. The molecule has 1 aliphatic heterocycles. The predicted molar refractivity (Wildman–Crippen MR) is 96.5 cm³/mol. The van der Waals surface area contributed by atoms with Crippen LogP contribution in [0.5, 0.6) is 5.75 Å². The van der Waals surface area contributed by atoms with Gasteiger partial charge in [0, 0.05) is 17.8 Å². The second kappa shape index (κ2) is 8.22. The van der Waals surface area contributed by atoms with Gasteiger partial charge in [0.1, 0.15) is 5.75 Å². The molecule has 2 amide bonds. The van der Waals surface area contributed by atoms with Gasteiger partial charge in [-0.05, 0) is 37.5 Å². The molecular formula is C17H21ClN4O3. The summed E-state index contributed by atoms with van der Waals surface area (Å²) in [6.45, 7) is 1.49. The van der Waals surface area contributed by atoms with Gasteiger partial charge < -0.3 is 20.1 Å². The number of hydrogen-bond acceptors (Lipinski definition) is 4. The zero-order valence-electron chi connectivity index (χ0n) is 14.0. The van der Waals surface area contributed by atoms with E-state index >= 15 is 0 Å². The third-order valence-corrected chi connectivity index (χ3v) is 4.20. The first-order chi connectivity index (χ1) is 12.1. The van der Waals surface area contributed by atoms with Crippen LogP contribution in [-0.4, -0.2) is 35.6 Å². The van der Waals surface area contributed by atoms with Crippen molar-refractivity contribution in [2.75, 3.05) is 24.4 Å². The maximum atomic E-state index is 12.2. The highest BCUT2D eigenvalue weighted by molar-refractivity contribution is 6.31. The van der Waals surface area contributed by atoms with E-state index < -0.39 is 6.03 Å². The summed E-state index contributed by atoms with van der Waals surface area (Å²) < 4.78 is 12.7. The van der Waals surface area contributed by atoms with E-state index in [-0.39, 0.29) is 6.10 Å². The van der Waals surface area contributed by atoms with Crippen LogP contribution in [0, 0.1) is 0 Å². The summed E-state index contributed by atoms with van der Waals surface area (Å²) >= 11 is 5.96. The number of halogens is 1. The molecular weight excluding hydrogens is 344 g/mol. The molecule has 1 aliphatic rings. The van der Waals surface area contributed by atoms with Gasteiger partial charge in [0.15, 0.2) is 0 Å². The second-order valence-electron chi connectivity index (χ2n) is 5.86. The Morgan fingerprint density at radius 1 is 1.44 bits per heavy atom. The molecule has 0 aliphatic carbocycles. The van der Waals surface area contributed by atoms with E-state index in [1.54, 1.807) is 35.3 Å². The number of amides is 2. The number of rotatable bonds is 5. The normalized spacial score (nSPS) is 17.1. The summed E-state index contributed by atoms with van der Waals surface area (Å²) in [5.41, 5.74) is 1.10. The van der Waals surface area contributed by atoms with Crippen LogP contribution in [0.1, 0.15) is 19.3 Å². The van der Waals surface area contributed by atoms with Gasteiger partial charge in [-0.3, -0.25) is 4.68 Å². The molecule has 0 radical (unpaired) electrons. The summed E-state index contributed by atoms with van der Waals surface area (Å²) in [5, 5.41) is 10.2. The van der Waals surface area contributed by atoms with Crippen LogP contribution in [0.4, 0.5) is 16.2 Å². The van der Waals surface area contributed by atoms with Gasteiger partial charge in [-0.1, -0.05) is 11.6 Å². The lowest BCUT2D eigenvalue weighted by atomic mass is 10.1. The highest BCUT2D eigenvalue weighted by atomic mass is 35.5. The predicted octanol–water partition coefficient (Wildman–Crippen LogP) is 3.76. The maximum absolute atomic E-state index is 12.2. The molecule has 1 saturated heterocycles. The van der Waals surface area contributed by atoms with Crippen LogP contribution >= 0.6 is 11.6 Å². The molecule has 1 aromatic heterocycles. The van der Waals surface area contributed by atoms with E-state index in [1.807, 2.05) is 0 Å². The fourth-order valence-electron chi connectivity index (χ4n) is 2.75. The number of aromatic nitrogens is 2. The van der Waals surface area contributed by atoms with Crippen molar-refractivity contribution >= 4 is 29.0 Å². The van der Waals surface area contributed by atoms with Crippen LogP contribution in [0.3, 0.4) is 0 Å². The summed E-state index contributed by atoms with van der Waals surface area (Å²) in [6.07, 6.45) is 6.92. The van der Waals surface area contributed by atoms with Gasteiger partial charge in [0.05, 0.1) is 37.3 Å². The molecule has 134 valence electrons. The van der Waals surface area contributed by atoms with E-state index in [2.05, 4.69) is 15.7 Å². The number of urea groups is 1. The molecule has 1 fully saturated rings. The molecule has 3 rings (SSSR count). The third-order valence-electron chi connectivity index (χ3n) is 3.97. The lowest BCUT2D eigenvalue weighted by Crippen LogP contribution is -2.24. The van der Waals surface area contributed by atoms with Crippen molar-refractivity contribution in [3.05, 3.63) is 35.6 Å². The number of anilines is 2. The number of benzene rings is 1. The zero-order chi connectivity index (χ0) is 17.6. The number of methoxy groups -OCH3 is 1. The minimum atomic E-state index is -0.394. The summed E-state index contributed by atoms with van der Waals surface area (Å²) in [5.74, 6) is 0.532. The SMILES string of the molecule is COc1ccc(Cl)cc1NC(=O)Nc1cnn(CC2CCCCO2)c1. The van der Waals surface area contributed by atoms with E-state index in [0.29, 0.717) is 28.7 Å². The Morgan fingerprint density at radius 2 is 2.32 bits per heavy atom. The number of nitrogens with one attached hydrogen (secondary N) is 2. The number of ether oxygens (including phenoxy) is 2. The van der Waals surface area contributed by atoms with Crippen molar-refractivity contribution < 1.29 is 14.3 Å². The van der Waals surface area contributed by atoms with Crippen molar-refractivity contribution in [1.82, 2.24) is 9.78 Å². The molecule has 0 spiro atoms. The smallest absolute Gasteiger partial charge is 0.323 e. The van der Waals surface area contributed by atoms with Crippen LogP contribution in [-0.2, 0) is 11.3 Å². The largest absolute Gasteiger partial charge is 0.495 e. The first-order valence-corrected chi connectivity index (χ1v) is 8.57. The fraction of sp³-hybridized carbons (Fsp3) is 0.412. The van der Waals surface area contributed by atoms with Crippen LogP contribution in [0.15, 0.2) is 30.6 Å². The lowest BCUT2D eigenvalue weighted by Gasteiger charge is -2.22. The number of nitrogens with zero attached hydrogens (tertiary/aromatic N) is 2. The Hall–Kier alpha value is -2.25. The molecule has 1 unspecified atom stereocenters. The average molecular weight is 365 g/mol. The van der Waals surface area contributed by atoms with Gasteiger partial charge in [-0.2, -0.15) is 5.10 Å². The van der Waals surface area contributed by atoms with E-state index in [4.69, 9.17) is 21.1 Å². The molecule has 1 aromatic carbocycles. The standard InChI is InChI=1S/C17H21ClN4O3/c1-24-16-6-5-12(18)8-15(16)21-17(23)20-13-9-19-22(10-13)11-14-4-2-3-7-25-14/h5-6,8-10,14H,2-4,7,11H2,1H3,(H2,20,21,23). The zero-order valence-corrected chi connectivity index (χ0v) is 14.8. The quantitative estimate of drug-likeness (QED) is 0.846. The number of carbonyl (C=O) groups excluding carboxylic acids is 1. The molecule has 0 saturated carbocycles. The van der Waals surface area contributed by atoms with Gasteiger partial charge in [-0.15, -0.1) is 0 Å². The topological polar surface area (TPSA) is 77.4 Å². The van der Waals surface area contributed by atoms with Crippen LogP contribution < -0.4 is 15.4 Å². The second-order valence-corrected chi connectivity index (χ2v) is 6.30. The molecule has 2 aromatic rings. The first kappa shape index (κ1) is 17.6. The Labute approximate surface area is 151 Å². The number of carbonyl (C=O) groups is 1. The lowest BCUT2D eigenvalue weighted by molar-refractivity contribution is 0.00401. The Kier molecular flexibility index (Phi) is 5.78. The van der Waals surface area contributed by atoms with Crippen molar-refractivity contribution in [2.45, 2.75) is 31.9 Å². The molecule has 1 atom stereocenters. The van der Waals surface area contributed by atoms with E-state index in [9.17, 15) is 4.79 Å². The van der Waals surface area contributed by atoms with Crippen LogP contribution in [0.25, 0.3) is 0 Å². The molecule has 25 heavy (non-hydrogen) atoms. The summed E-state index contributed by atoms with van der Waals surface area (Å²) in [4.78, 5) is 12.2. The first-order valence-electron chi connectivity index (χ1n) is 8.19. The minimum absolute atomic E-state index is 0.186. The summed E-state index contributed by atoms with van der Waals surface area (Å²) in [7, 11) is 1.53. The molecule has 8 heteroatoms. The minimum Gasteiger partial charge on any atom is -0.495 e. The van der Waals surface area contributed by atoms with Crippen molar-refractivity contribution in [3.8, 4) is 5.75 Å². The molecule has 0 bridgehead atoms. The fourth-order valence-corrected chi connectivity index (χ4v) is 2.92. The Bertz CT molecular complexity index is 728.